The molecule has 1 aromatic carbocycles. The number of hydrogen-bond donors (Lipinski definition) is 1. The van der Waals surface area contributed by atoms with Crippen LogP contribution in [0, 0.1) is 17.3 Å². The van der Waals surface area contributed by atoms with Gasteiger partial charge in [0.05, 0.1) is 18.1 Å². The van der Waals surface area contributed by atoms with Gasteiger partial charge < -0.3 is 10.0 Å². The maximum Gasteiger partial charge on any atom is 0.416 e. The second-order valence-corrected chi connectivity index (χ2v) is 7.99. The Morgan fingerprint density at radius 1 is 1.38 bits per heavy atom. The van der Waals surface area contributed by atoms with Crippen LogP contribution < -0.4 is 0 Å². The SMILES string of the molecule is CC[C@H](CO)C(=O)N1CC2(CC[C@H](Cc3cccc(C(F)(F)F)c3)C2)C1. The normalized spacial score (nSPS) is 23.1. The van der Waals surface area contributed by atoms with Gasteiger partial charge in [-0.25, -0.2) is 0 Å². The van der Waals surface area contributed by atoms with Crippen LogP contribution in [0.15, 0.2) is 24.3 Å². The van der Waals surface area contributed by atoms with Crippen molar-refractivity contribution in [3.05, 3.63) is 35.4 Å². The minimum absolute atomic E-state index is 0.0296. The first kappa shape index (κ1) is 19.2. The van der Waals surface area contributed by atoms with Crippen molar-refractivity contribution in [2.24, 2.45) is 17.3 Å². The van der Waals surface area contributed by atoms with E-state index in [0.717, 1.165) is 44.0 Å². The van der Waals surface area contributed by atoms with Crippen molar-refractivity contribution in [3.63, 3.8) is 0 Å². The molecule has 0 unspecified atom stereocenters. The molecule has 1 N–H and O–H groups in total. The number of likely N-dealkylation sites (tertiary alicyclic amines) is 1. The number of carbonyl (C=O) groups excluding carboxylic acids is 1. The molecule has 0 aromatic heterocycles. The highest BCUT2D eigenvalue weighted by Crippen LogP contribution is 2.49. The summed E-state index contributed by atoms with van der Waals surface area (Å²) < 4.78 is 38.6. The smallest absolute Gasteiger partial charge is 0.396 e. The van der Waals surface area contributed by atoms with Gasteiger partial charge in [-0.15, -0.1) is 0 Å². The van der Waals surface area contributed by atoms with E-state index in [1.165, 1.54) is 12.1 Å². The molecule has 1 saturated carbocycles. The maximum absolute atomic E-state index is 12.9. The van der Waals surface area contributed by atoms with E-state index in [2.05, 4.69) is 0 Å². The Balaban J connectivity index is 1.55. The van der Waals surface area contributed by atoms with Crippen LogP contribution in [0.2, 0.25) is 0 Å². The first-order chi connectivity index (χ1) is 12.3. The zero-order chi connectivity index (χ0) is 18.9. The third kappa shape index (κ3) is 3.90. The van der Waals surface area contributed by atoms with Crippen molar-refractivity contribution < 1.29 is 23.1 Å². The average Bonchev–Trinajstić information content (AvgIpc) is 2.98. The van der Waals surface area contributed by atoms with Gasteiger partial charge in [0, 0.05) is 18.5 Å². The Kier molecular flexibility index (Phi) is 5.33. The molecule has 1 heterocycles. The monoisotopic (exact) mass is 369 g/mol. The molecule has 3 nitrogen and oxygen atoms in total. The summed E-state index contributed by atoms with van der Waals surface area (Å²) in [4.78, 5) is 14.1. The van der Waals surface area contributed by atoms with Crippen LogP contribution in [-0.4, -0.2) is 35.6 Å². The third-order valence-corrected chi connectivity index (χ3v) is 6.01. The molecule has 26 heavy (non-hydrogen) atoms. The van der Waals surface area contributed by atoms with Crippen molar-refractivity contribution in [1.82, 2.24) is 4.90 Å². The number of nitrogens with zero attached hydrogens (tertiary/aromatic N) is 1. The zero-order valence-electron chi connectivity index (χ0n) is 15.1. The van der Waals surface area contributed by atoms with Crippen LogP contribution in [-0.2, 0) is 17.4 Å². The van der Waals surface area contributed by atoms with E-state index in [4.69, 9.17) is 0 Å². The number of alkyl halides is 3. The highest BCUT2D eigenvalue weighted by molar-refractivity contribution is 5.80. The van der Waals surface area contributed by atoms with Crippen LogP contribution >= 0.6 is 0 Å². The maximum atomic E-state index is 12.9. The van der Waals surface area contributed by atoms with Crippen LogP contribution in [0.3, 0.4) is 0 Å². The zero-order valence-corrected chi connectivity index (χ0v) is 15.1. The summed E-state index contributed by atoms with van der Waals surface area (Å²) in [5.41, 5.74) is 0.286. The Labute approximate surface area is 152 Å². The number of benzene rings is 1. The van der Waals surface area contributed by atoms with Gasteiger partial charge in [-0.05, 0) is 49.7 Å². The van der Waals surface area contributed by atoms with Gasteiger partial charge in [-0.1, -0.05) is 25.1 Å². The summed E-state index contributed by atoms with van der Waals surface area (Å²) >= 11 is 0. The topological polar surface area (TPSA) is 40.5 Å². The Hall–Kier alpha value is -1.56. The van der Waals surface area contributed by atoms with Crippen molar-refractivity contribution in [2.75, 3.05) is 19.7 Å². The molecule has 1 spiro atoms. The molecule has 1 aliphatic carbocycles. The van der Waals surface area contributed by atoms with E-state index >= 15 is 0 Å². The Morgan fingerprint density at radius 2 is 2.12 bits per heavy atom. The molecule has 2 atom stereocenters. The van der Waals surface area contributed by atoms with E-state index < -0.39 is 11.7 Å². The first-order valence-corrected chi connectivity index (χ1v) is 9.32. The van der Waals surface area contributed by atoms with E-state index in [1.54, 1.807) is 6.07 Å². The lowest BCUT2D eigenvalue weighted by molar-refractivity contribution is -0.149. The molecule has 0 radical (unpaired) electrons. The predicted molar refractivity (Wildman–Crippen MR) is 92.4 cm³/mol. The molecule has 6 heteroatoms. The van der Waals surface area contributed by atoms with Gasteiger partial charge >= 0.3 is 6.18 Å². The molecule has 1 aromatic rings. The minimum Gasteiger partial charge on any atom is -0.396 e. The lowest BCUT2D eigenvalue weighted by Crippen LogP contribution is -2.59. The predicted octanol–water partition coefficient (Wildman–Crippen LogP) is 3.90. The fourth-order valence-corrected chi connectivity index (χ4v) is 4.56. The third-order valence-electron chi connectivity index (χ3n) is 6.01. The molecule has 1 amide bonds. The van der Waals surface area contributed by atoms with Gasteiger partial charge in [0.15, 0.2) is 0 Å². The molecule has 2 aliphatic rings. The summed E-state index contributed by atoms with van der Waals surface area (Å²) in [6, 6.07) is 5.62. The summed E-state index contributed by atoms with van der Waals surface area (Å²) in [5, 5.41) is 9.28. The van der Waals surface area contributed by atoms with Crippen molar-refractivity contribution in [3.8, 4) is 0 Å². The molecular formula is C20H26F3NO2. The molecule has 144 valence electrons. The van der Waals surface area contributed by atoms with Crippen molar-refractivity contribution in [2.45, 2.75) is 45.2 Å². The fraction of sp³-hybridized carbons (Fsp3) is 0.650. The van der Waals surface area contributed by atoms with Crippen LogP contribution in [0.4, 0.5) is 13.2 Å². The molecule has 1 saturated heterocycles. The minimum atomic E-state index is -4.30. The van der Waals surface area contributed by atoms with Gasteiger partial charge in [0.1, 0.15) is 0 Å². The van der Waals surface area contributed by atoms with E-state index in [0.29, 0.717) is 18.8 Å². The second kappa shape index (κ2) is 7.22. The molecule has 2 fully saturated rings. The van der Waals surface area contributed by atoms with E-state index in [-0.39, 0.29) is 23.8 Å². The summed E-state index contributed by atoms with van der Waals surface area (Å²) in [5.74, 6) is 0.0900. The second-order valence-electron chi connectivity index (χ2n) is 7.99. The van der Waals surface area contributed by atoms with E-state index in [1.807, 2.05) is 11.8 Å². The quantitative estimate of drug-likeness (QED) is 0.855. The lowest BCUT2D eigenvalue weighted by Gasteiger charge is -2.49. The standard InChI is InChI=1S/C20H26F3NO2/c1-2-16(11-25)18(26)24-12-19(13-24)7-6-15(10-19)8-14-4-3-5-17(9-14)20(21,22)23/h3-5,9,15-16,25H,2,6-8,10-13H2,1H3/t15-,16-/m1/s1. The number of aliphatic hydroxyl groups excluding tert-OH is 1. The van der Waals surface area contributed by atoms with Gasteiger partial charge in [-0.2, -0.15) is 13.2 Å². The Bertz CT molecular complexity index is 649. The molecule has 0 bridgehead atoms. The number of aliphatic hydroxyl groups is 1. The van der Waals surface area contributed by atoms with Crippen LogP contribution in [0.25, 0.3) is 0 Å². The number of halogens is 3. The highest BCUT2D eigenvalue weighted by Gasteiger charge is 2.50. The molecular weight excluding hydrogens is 343 g/mol. The first-order valence-electron chi connectivity index (χ1n) is 9.32. The number of amides is 1. The lowest BCUT2D eigenvalue weighted by atomic mass is 9.76. The largest absolute Gasteiger partial charge is 0.416 e. The van der Waals surface area contributed by atoms with Crippen molar-refractivity contribution >= 4 is 5.91 Å². The molecule has 3 rings (SSSR count). The van der Waals surface area contributed by atoms with Gasteiger partial charge in [0.25, 0.3) is 0 Å². The summed E-state index contributed by atoms with van der Waals surface area (Å²) in [7, 11) is 0. The molecule has 1 aliphatic heterocycles. The Morgan fingerprint density at radius 3 is 2.73 bits per heavy atom. The van der Waals surface area contributed by atoms with Gasteiger partial charge in [0.2, 0.25) is 5.91 Å². The fourth-order valence-electron chi connectivity index (χ4n) is 4.56. The number of hydrogen-bond acceptors (Lipinski definition) is 2. The van der Waals surface area contributed by atoms with Crippen LogP contribution in [0.5, 0.6) is 0 Å². The van der Waals surface area contributed by atoms with Gasteiger partial charge in [-0.3, -0.25) is 4.79 Å². The van der Waals surface area contributed by atoms with Crippen molar-refractivity contribution in [1.29, 1.82) is 0 Å². The van der Waals surface area contributed by atoms with Crippen LogP contribution in [0.1, 0.15) is 43.7 Å². The average molecular weight is 369 g/mol. The number of rotatable bonds is 5. The number of carbonyl (C=O) groups is 1. The highest BCUT2D eigenvalue weighted by atomic mass is 19.4. The summed E-state index contributed by atoms with van der Waals surface area (Å²) in [6.45, 7) is 3.23. The van der Waals surface area contributed by atoms with E-state index in [9.17, 15) is 23.1 Å². The summed E-state index contributed by atoms with van der Waals surface area (Å²) in [6.07, 6.45) is -0.0239.